The van der Waals surface area contributed by atoms with E-state index in [4.69, 9.17) is 0 Å². The number of hydrogen-bond acceptors (Lipinski definition) is 4. The molecule has 0 atom stereocenters. The predicted octanol–water partition coefficient (Wildman–Crippen LogP) is 2.69. The number of aromatic nitrogens is 2. The number of H-pyrrole nitrogens is 1. The fourth-order valence-electron chi connectivity index (χ4n) is 4.15. The Bertz CT molecular complexity index is 1090. The lowest BCUT2D eigenvalue weighted by molar-refractivity contribution is -0.133. The zero-order chi connectivity index (χ0) is 22.0. The third-order valence-electron chi connectivity index (χ3n) is 5.72. The van der Waals surface area contributed by atoms with Crippen molar-refractivity contribution in [1.29, 1.82) is 0 Å². The second kappa shape index (κ2) is 8.64. The minimum atomic E-state index is -3.65. The summed E-state index contributed by atoms with van der Waals surface area (Å²) in [5.74, 6) is -0.422. The van der Waals surface area contributed by atoms with Gasteiger partial charge in [0.05, 0.1) is 17.3 Å². The van der Waals surface area contributed by atoms with Crippen LogP contribution < -0.4 is 0 Å². The number of carbonyl (C=O) groups is 1. The lowest BCUT2D eigenvalue weighted by Gasteiger charge is -2.36. The number of aromatic amines is 1. The van der Waals surface area contributed by atoms with Gasteiger partial charge in [0, 0.05) is 26.2 Å². The van der Waals surface area contributed by atoms with Crippen molar-refractivity contribution in [3.8, 4) is 0 Å². The van der Waals surface area contributed by atoms with Crippen LogP contribution in [0.15, 0.2) is 65.6 Å². The number of amides is 1. The molecule has 0 aliphatic carbocycles. The van der Waals surface area contributed by atoms with E-state index in [-0.39, 0.29) is 23.9 Å². The maximum atomic E-state index is 13.5. The molecule has 2 heterocycles. The molecular formula is C23H26N4O3S. The number of nitrogens with zero attached hydrogens (tertiary/aromatic N) is 3. The van der Waals surface area contributed by atoms with E-state index in [2.05, 4.69) is 10.2 Å². The molecule has 1 N–H and O–H groups in total. The van der Waals surface area contributed by atoms with Crippen LogP contribution in [0.5, 0.6) is 0 Å². The molecule has 162 valence electrons. The van der Waals surface area contributed by atoms with Crippen LogP contribution in [0.25, 0.3) is 0 Å². The molecule has 1 aromatic heterocycles. The third-order valence-corrected chi connectivity index (χ3v) is 7.88. The van der Waals surface area contributed by atoms with Gasteiger partial charge in [0.1, 0.15) is 4.90 Å². The van der Waals surface area contributed by atoms with Gasteiger partial charge in [-0.2, -0.15) is 9.40 Å². The Labute approximate surface area is 182 Å². The number of carbonyl (C=O) groups excluding carboxylic acids is 1. The van der Waals surface area contributed by atoms with Gasteiger partial charge in [0.25, 0.3) is 0 Å². The normalized spacial score (nSPS) is 15.4. The van der Waals surface area contributed by atoms with Crippen LogP contribution in [0.1, 0.15) is 28.4 Å². The summed E-state index contributed by atoms with van der Waals surface area (Å²) in [6, 6.07) is 19.4. The average Bonchev–Trinajstić information content (AvgIpc) is 3.14. The predicted molar refractivity (Wildman–Crippen MR) is 118 cm³/mol. The smallest absolute Gasteiger partial charge is 0.246 e. The van der Waals surface area contributed by atoms with Crippen LogP contribution in [0.2, 0.25) is 0 Å². The Morgan fingerprint density at radius 3 is 1.87 bits per heavy atom. The Hall–Kier alpha value is -2.97. The zero-order valence-electron chi connectivity index (χ0n) is 17.7. The van der Waals surface area contributed by atoms with E-state index in [1.165, 1.54) is 4.31 Å². The van der Waals surface area contributed by atoms with Crippen molar-refractivity contribution < 1.29 is 13.2 Å². The molecule has 0 spiro atoms. The highest BCUT2D eigenvalue weighted by atomic mass is 32.2. The first-order valence-electron chi connectivity index (χ1n) is 10.3. The van der Waals surface area contributed by atoms with Gasteiger partial charge in [-0.3, -0.25) is 9.89 Å². The first-order valence-corrected chi connectivity index (χ1v) is 11.7. The fourth-order valence-corrected chi connectivity index (χ4v) is 5.90. The first-order chi connectivity index (χ1) is 14.9. The second-order valence-corrected chi connectivity index (χ2v) is 9.62. The minimum Gasteiger partial charge on any atom is -0.339 e. The molecule has 1 aliphatic heterocycles. The molecular weight excluding hydrogens is 412 g/mol. The lowest BCUT2D eigenvalue weighted by atomic mass is 9.90. The number of sulfonamides is 1. The Balaban J connectivity index is 1.54. The van der Waals surface area contributed by atoms with Crippen LogP contribution in [0.4, 0.5) is 0 Å². The van der Waals surface area contributed by atoms with Crippen molar-refractivity contribution in [2.24, 2.45) is 0 Å². The van der Waals surface area contributed by atoms with E-state index in [1.54, 1.807) is 18.7 Å². The molecule has 0 unspecified atom stereocenters. The highest BCUT2D eigenvalue weighted by Gasteiger charge is 2.35. The van der Waals surface area contributed by atoms with Crippen LogP contribution in [-0.4, -0.2) is 59.9 Å². The second-order valence-electron chi connectivity index (χ2n) is 7.75. The van der Waals surface area contributed by atoms with Gasteiger partial charge in [-0.05, 0) is 25.0 Å². The van der Waals surface area contributed by atoms with Gasteiger partial charge >= 0.3 is 0 Å². The van der Waals surface area contributed by atoms with Gasteiger partial charge in [-0.15, -0.1) is 0 Å². The van der Waals surface area contributed by atoms with Crippen molar-refractivity contribution in [2.45, 2.75) is 24.7 Å². The molecule has 0 bridgehead atoms. The number of piperazine rings is 1. The number of hydrogen-bond donors (Lipinski definition) is 1. The van der Waals surface area contributed by atoms with Crippen molar-refractivity contribution in [3.05, 3.63) is 83.2 Å². The maximum Gasteiger partial charge on any atom is 0.246 e. The summed E-state index contributed by atoms with van der Waals surface area (Å²) < 4.78 is 27.7. The van der Waals surface area contributed by atoms with Crippen LogP contribution in [0, 0.1) is 13.8 Å². The monoisotopic (exact) mass is 438 g/mol. The summed E-state index contributed by atoms with van der Waals surface area (Å²) >= 11 is 0. The van der Waals surface area contributed by atoms with E-state index >= 15 is 0 Å². The molecule has 3 aromatic rings. The summed E-state index contributed by atoms with van der Waals surface area (Å²) in [5, 5.41) is 6.76. The summed E-state index contributed by atoms with van der Waals surface area (Å²) in [7, 11) is -3.65. The Morgan fingerprint density at radius 2 is 1.42 bits per heavy atom. The zero-order valence-corrected chi connectivity index (χ0v) is 18.5. The third kappa shape index (κ3) is 4.13. The molecule has 0 saturated carbocycles. The van der Waals surface area contributed by atoms with Gasteiger partial charge in [0.15, 0.2) is 0 Å². The summed E-state index contributed by atoms with van der Waals surface area (Å²) in [4.78, 5) is 15.5. The van der Waals surface area contributed by atoms with Gasteiger partial charge in [-0.1, -0.05) is 60.7 Å². The number of nitrogens with one attached hydrogen (secondary N) is 1. The number of rotatable bonds is 5. The molecule has 1 aliphatic rings. The average molecular weight is 439 g/mol. The van der Waals surface area contributed by atoms with Gasteiger partial charge in [-0.25, -0.2) is 8.42 Å². The Morgan fingerprint density at radius 1 is 0.903 bits per heavy atom. The molecule has 8 heteroatoms. The molecule has 4 rings (SSSR count). The fraction of sp³-hybridized carbons (Fsp3) is 0.304. The summed E-state index contributed by atoms with van der Waals surface area (Å²) in [6.07, 6.45) is 0. The number of aryl methyl sites for hydroxylation is 2. The van der Waals surface area contributed by atoms with Crippen molar-refractivity contribution >= 4 is 15.9 Å². The van der Waals surface area contributed by atoms with Crippen molar-refractivity contribution in [3.63, 3.8) is 0 Å². The topological polar surface area (TPSA) is 86.4 Å². The molecule has 1 saturated heterocycles. The van der Waals surface area contributed by atoms with Crippen LogP contribution in [-0.2, 0) is 14.8 Å². The minimum absolute atomic E-state index is 0.00915. The Kier molecular flexibility index (Phi) is 5.93. The summed E-state index contributed by atoms with van der Waals surface area (Å²) in [6.45, 7) is 4.61. The lowest BCUT2D eigenvalue weighted by Crippen LogP contribution is -2.51. The van der Waals surface area contributed by atoms with Crippen LogP contribution in [0.3, 0.4) is 0 Å². The quantitative estimate of drug-likeness (QED) is 0.664. The van der Waals surface area contributed by atoms with E-state index in [0.29, 0.717) is 24.5 Å². The maximum absolute atomic E-state index is 13.5. The van der Waals surface area contributed by atoms with E-state index in [9.17, 15) is 13.2 Å². The molecule has 0 radical (unpaired) electrons. The largest absolute Gasteiger partial charge is 0.339 e. The molecule has 1 fully saturated rings. The van der Waals surface area contributed by atoms with E-state index < -0.39 is 15.9 Å². The SMILES string of the molecule is Cc1n[nH]c(C)c1S(=O)(=O)N1CCN(C(=O)C(c2ccccc2)c2ccccc2)CC1. The van der Waals surface area contributed by atoms with E-state index in [1.807, 2.05) is 60.7 Å². The van der Waals surface area contributed by atoms with Gasteiger partial charge in [0.2, 0.25) is 15.9 Å². The highest BCUT2D eigenvalue weighted by Crippen LogP contribution is 2.28. The molecule has 31 heavy (non-hydrogen) atoms. The molecule has 2 aromatic carbocycles. The molecule has 1 amide bonds. The highest BCUT2D eigenvalue weighted by molar-refractivity contribution is 7.89. The van der Waals surface area contributed by atoms with Crippen molar-refractivity contribution in [2.75, 3.05) is 26.2 Å². The van der Waals surface area contributed by atoms with E-state index in [0.717, 1.165) is 11.1 Å². The van der Waals surface area contributed by atoms with Crippen LogP contribution >= 0.6 is 0 Å². The summed E-state index contributed by atoms with van der Waals surface area (Å²) in [5.41, 5.74) is 2.85. The van der Waals surface area contributed by atoms with Gasteiger partial charge < -0.3 is 4.90 Å². The standard InChI is InChI=1S/C23H26N4O3S/c1-17-22(18(2)25-24-17)31(29,30)27-15-13-26(14-16-27)23(28)21(19-9-5-3-6-10-19)20-11-7-4-8-12-20/h3-12,21H,13-16H2,1-2H3,(H,24,25). The molecule has 7 nitrogen and oxygen atoms in total. The van der Waals surface area contributed by atoms with Crippen molar-refractivity contribution in [1.82, 2.24) is 19.4 Å². The first kappa shape index (κ1) is 21.3. The number of benzene rings is 2.